The number of fused-ring (bicyclic) bond motifs is 1. The van der Waals surface area contributed by atoms with Gasteiger partial charge in [-0.2, -0.15) is 4.98 Å². The van der Waals surface area contributed by atoms with Gasteiger partial charge in [0, 0.05) is 25.3 Å². The molecule has 1 saturated carbocycles. The molecule has 0 aliphatic heterocycles. The number of anilines is 1. The number of benzene rings is 1. The van der Waals surface area contributed by atoms with Crippen molar-refractivity contribution in [1.29, 1.82) is 0 Å². The van der Waals surface area contributed by atoms with Gasteiger partial charge in [-0.3, -0.25) is 18.9 Å². The first-order valence-corrected chi connectivity index (χ1v) is 14.1. The van der Waals surface area contributed by atoms with E-state index >= 15 is 0 Å². The predicted molar refractivity (Wildman–Crippen MR) is 136 cm³/mol. The van der Waals surface area contributed by atoms with Crippen molar-refractivity contribution in [1.82, 2.24) is 19.5 Å². The number of hydrogen-bond acceptors (Lipinski definition) is 11. The molecule has 0 amide bonds. The molecule has 0 saturated heterocycles. The summed E-state index contributed by atoms with van der Waals surface area (Å²) in [4.78, 5) is 34.1. The number of H-pyrrole nitrogens is 1. The Morgan fingerprint density at radius 1 is 1.22 bits per heavy atom. The summed E-state index contributed by atoms with van der Waals surface area (Å²) >= 11 is 0. The van der Waals surface area contributed by atoms with Crippen molar-refractivity contribution in [3.63, 3.8) is 0 Å². The van der Waals surface area contributed by atoms with E-state index in [1.54, 1.807) is 6.07 Å². The average Bonchev–Trinajstić information content (AvgIpc) is 3.60. The summed E-state index contributed by atoms with van der Waals surface area (Å²) in [5.41, 5.74) is 5.74. The van der Waals surface area contributed by atoms with E-state index < -0.39 is 56.0 Å². The normalized spacial score (nSPS) is 18.2. The standard InChI is InChI=1S/C24H25F3N5O8P/c25-16-3-1-2-14(8-16)10-37-41(35,13-36-7-6-32-12-29-18-20(32)30-22(28)31-21(18)33)38-11-17-19(40-23(34)39-17)15-4-5-24(26,27)9-15/h1-3,8,12,15H,4-7,9-11,13H2,(H3,28,30,31,33). The Bertz CT molecular complexity index is 1700. The van der Waals surface area contributed by atoms with Crippen LogP contribution < -0.4 is 17.1 Å². The maximum absolute atomic E-state index is 13.8. The van der Waals surface area contributed by atoms with Crippen LogP contribution >= 0.6 is 7.60 Å². The summed E-state index contributed by atoms with van der Waals surface area (Å²) in [5, 5.41) is 0. The highest BCUT2D eigenvalue weighted by Crippen LogP contribution is 2.51. The lowest BCUT2D eigenvalue weighted by atomic mass is 10.0. The van der Waals surface area contributed by atoms with Gasteiger partial charge in [-0.15, -0.1) is 0 Å². The van der Waals surface area contributed by atoms with Gasteiger partial charge in [0.25, 0.3) is 5.56 Å². The van der Waals surface area contributed by atoms with Crippen LogP contribution in [0.25, 0.3) is 11.2 Å². The number of nitrogens with zero attached hydrogens (tertiary/aromatic N) is 3. The van der Waals surface area contributed by atoms with Crippen molar-refractivity contribution in [2.24, 2.45) is 0 Å². The Morgan fingerprint density at radius 2 is 2.02 bits per heavy atom. The zero-order valence-corrected chi connectivity index (χ0v) is 22.3. The second-order valence-electron chi connectivity index (χ2n) is 9.42. The lowest BCUT2D eigenvalue weighted by Gasteiger charge is -2.19. The first-order chi connectivity index (χ1) is 19.5. The molecule has 4 aromatic rings. The van der Waals surface area contributed by atoms with Crippen molar-refractivity contribution in [3.8, 4) is 0 Å². The van der Waals surface area contributed by atoms with E-state index in [1.165, 1.54) is 29.1 Å². The second-order valence-corrected chi connectivity index (χ2v) is 11.4. The topological polar surface area (TPSA) is 178 Å². The third kappa shape index (κ3) is 6.96. The Labute approximate surface area is 229 Å². The van der Waals surface area contributed by atoms with E-state index in [0.29, 0.717) is 5.56 Å². The molecule has 17 heteroatoms. The molecular formula is C24H25F3N5O8P. The number of rotatable bonds is 12. The van der Waals surface area contributed by atoms with E-state index in [2.05, 4.69) is 15.0 Å². The molecule has 3 heterocycles. The highest BCUT2D eigenvalue weighted by molar-refractivity contribution is 7.53. The molecule has 2 atom stereocenters. The average molecular weight is 599 g/mol. The number of aromatic amines is 1. The number of halogens is 3. The van der Waals surface area contributed by atoms with Crippen LogP contribution in [0.2, 0.25) is 0 Å². The molecule has 0 radical (unpaired) electrons. The third-order valence-electron chi connectivity index (χ3n) is 6.38. The molecule has 1 aliphatic rings. The van der Waals surface area contributed by atoms with Gasteiger partial charge < -0.3 is 28.4 Å². The Kier molecular flexibility index (Phi) is 8.18. The molecule has 3 N–H and O–H groups in total. The van der Waals surface area contributed by atoms with Crippen LogP contribution in [0.4, 0.5) is 19.1 Å². The number of imidazole rings is 1. The summed E-state index contributed by atoms with van der Waals surface area (Å²) in [6.45, 7) is -0.828. The first-order valence-electron chi connectivity index (χ1n) is 12.4. The van der Waals surface area contributed by atoms with Gasteiger partial charge >= 0.3 is 13.4 Å². The van der Waals surface area contributed by atoms with E-state index in [9.17, 15) is 27.3 Å². The molecule has 1 aromatic carbocycles. The van der Waals surface area contributed by atoms with Crippen LogP contribution in [-0.4, -0.2) is 38.4 Å². The van der Waals surface area contributed by atoms with Gasteiger partial charge in [-0.1, -0.05) is 12.1 Å². The van der Waals surface area contributed by atoms with Crippen LogP contribution in [0.1, 0.15) is 42.3 Å². The van der Waals surface area contributed by atoms with Gasteiger partial charge in [-0.25, -0.2) is 22.9 Å². The molecule has 220 valence electrons. The van der Waals surface area contributed by atoms with Crippen LogP contribution in [0, 0.1) is 5.82 Å². The molecule has 1 aliphatic carbocycles. The van der Waals surface area contributed by atoms with Crippen molar-refractivity contribution in [2.75, 3.05) is 18.7 Å². The fraction of sp³-hybridized carbons (Fsp3) is 0.417. The summed E-state index contributed by atoms with van der Waals surface area (Å²) in [6, 6.07) is 5.41. The quantitative estimate of drug-likeness (QED) is 0.178. The number of alkyl halides is 2. The largest absolute Gasteiger partial charge is 0.519 e. The summed E-state index contributed by atoms with van der Waals surface area (Å²) < 4.78 is 82.8. The third-order valence-corrected chi connectivity index (χ3v) is 7.92. The maximum atomic E-state index is 13.8. The van der Waals surface area contributed by atoms with E-state index in [4.69, 9.17) is 28.4 Å². The predicted octanol–water partition coefficient (Wildman–Crippen LogP) is 3.89. The van der Waals surface area contributed by atoms with Crippen molar-refractivity contribution in [3.05, 3.63) is 74.5 Å². The number of nitrogens with two attached hydrogens (primary N) is 1. The van der Waals surface area contributed by atoms with E-state index in [1.807, 2.05) is 0 Å². The lowest BCUT2D eigenvalue weighted by molar-refractivity contribution is 0.00709. The zero-order valence-electron chi connectivity index (χ0n) is 21.4. The fourth-order valence-corrected chi connectivity index (χ4v) is 5.68. The van der Waals surface area contributed by atoms with Crippen molar-refractivity contribution < 1.29 is 40.4 Å². The molecule has 41 heavy (non-hydrogen) atoms. The van der Waals surface area contributed by atoms with E-state index in [0.717, 1.165) is 0 Å². The van der Waals surface area contributed by atoms with Gasteiger partial charge in [-0.05, 0) is 24.1 Å². The summed E-state index contributed by atoms with van der Waals surface area (Å²) in [6.07, 6.45) is -0.0624. The smallest absolute Gasteiger partial charge is 0.395 e. The minimum atomic E-state index is -4.12. The molecule has 2 unspecified atom stereocenters. The number of aromatic nitrogens is 4. The summed E-state index contributed by atoms with van der Waals surface area (Å²) in [7, 11) is -4.12. The zero-order chi connectivity index (χ0) is 29.2. The summed E-state index contributed by atoms with van der Waals surface area (Å²) in [5.74, 6) is -5.72. The van der Waals surface area contributed by atoms with Crippen LogP contribution in [0.5, 0.6) is 0 Å². The molecule has 3 aromatic heterocycles. The Hall–Kier alpha value is -3.72. The second kappa shape index (κ2) is 11.6. The SMILES string of the molecule is Nc1nc2c(ncn2CCOCP(=O)(OCc2cccc(F)c2)OCc2oc(=O)oc2C2CCC(F)(F)C2)c(=O)[nH]1. The van der Waals surface area contributed by atoms with Crippen LogP contribution in [-0.2, 0) is 38.1 Å². The highest BCUT2D eigenvalue weighted by atomic mass is 31.2. The molecule has 1 fully saturated rings. The molecular weight excluding hydrogens is 574 g/mol. The van der Waals surface area contributed by atoms with Gasteiger partial charge in [0.1, 0.15) is 18.8 Å². The van der Waals surface area contributed by atoms with Crippen molar-refractivity contribution in [2.45, 2.75) is 50.9 Å². The van der Waals surface area contributed by atoms with Crippen molar-refractivity contribution >= 4 is 24.7 Å². The molecule has 5 rings (SSSR count). The van der Waals surface area contributed by atoms with Gasteiger partial charge in [0.05, 0.1) is 19.5 Å². The molecule has 0 bridgehead atoms. The Balaban J connectivity index is 1.27. The minimum absolute atomic E-state index is 0.0558. The lowest BCUT2D eigenvalue weighted by Crippen LogP contribution is -2.13. The number of nitrogen functional groups attached to an aromatic ring is 1. The van der Waals surface area contributed by atoms with Crippen LogP contribution in [0.15, 0.2) is 49.0 Å². The number of hydrogen-bond donors (Lipinski definition) is 2. The molecule has 0 spiro atoms. The van der Waals surface area contributed by atoms with E-state index in [-0.39, 0.29) is 61.2 Å². The van der Waals surface area contributed by atoms with Gasteiger partial charge in [0.2, 0.25) is 11.9 Å². The number of ether oxygens (including phenoxy) is 1. The van der Waals surface area contributed by atoms with Crippen LogP contribution in [0.3, 0.4) is 0 Å². The van der Waals surface area contributed by atoms with Gasteiger partial charge in [0.15, 0.2) is 22.7 Å². The highest BCUT2D eigenvalue weighted by Gasteiger charge is 2.43. The molecule has 13 nitrogen and oxygen atoms in total. The monoisotopic (exact) mass is 599 g/mol. The minimum Gasteiger partial charge on any atom is -0.395 e. The first kappa shape index (κ1) is 28.8. The Morgan fingerprint density at radius 3 is 2.78 bits per heavy atom. The number of nitrogens with one attached hydrogen (secondary N) is 1. The fourth-order valence-electron chi connectivity index (χ4n) is 4.45. The maximum Gasteiger partial charge on any atom is 0.519 e.